The molecule has 0 saturated heterocycles. The Bertz CT molecular complexity index is 673. The Labute approximate surface area is 130 Å². The minimum absolute atomic E-state index is 0.101. The molecule has 0 spiro atoms. The highest BCUT2D eigenvalue weighted by Crippen LogP contribution is 2.36. The number of alkyl halides is 3. The summed E-state index contributed by atoms with van der Waals surface area (Å²) in [4.78, 5) is 14.5. The average molecular weight is 381 g/mol. The minimum atomic E-state index is -4.53. The van der Waals surface area contributed by atoms with E-state index in [4.69, 9.17) is 5.11 Å². The van der Waals surface area contributed by atoms with Crippen LogP contribution in [0.25, 0.3) is 5.69 Å². The smallest absolute Gasteiger partial charge is 0.418 e. The van der Waals surface area contributed by atoms with Gasteiger partial charge in [0.2, 0.25) is 0 Å². The van der Waals surface area contributed by atoms with Crippen molar-refractivity contribution < 1.29 is 23.1 Å². The van der Waals surface area contributed by atoms with Crippen LogP contribution in [-0.4, -0.2) is 26.4 Å². The molecule has 0 atom stereocenters. The van der Waals surface area contributed by atoms with Crippen LogP contribution in [0.4, 0.5) is 13.2 Å². The first-order valence-corrected chi connectivity index (χ1v) is 7.32. The molecule has 0 aliphatic heterocycles. The van der Waals surface area contributed by atoms with E-state index in [0.29, 0.717) is 4.47 Å². The van der Waals surface area contributed by atoms with Gasteiger partial charge in [-0.1, -0.05) is 27.7 Å². The Hall–Kier alpha value is -1.48. The molecule has 1 aromatic carbocycles. The summed E-state index contributed by atoms with van der Waals surface area (Å²) >= 11 is 3.87. The Morgan fingerprint density at radius 1 is 1.43 bits per heavy atom. The molecule has 0 saturated carbocycles. The third-order valence-corrected chi connectivity index (χ3v) is 3.90. The van der Waals surface area contributed by atoms with Gasteiger partial charge in [-0.25, -0.2) is 4.98 Å². The van der Waals surface area contributed by atoms with Crippen LogP contribution in [0, 0.1) is 0 Å². The zero-order valence-electron chi connectivity index (χ0n) is 10.3. The maximum atomic E-state index is 13.1. The molecule has 2 aromatic rings. The van der Waals surface area contributed by atoms with Crippen molar-refractivity contribution >= 4 is 33.7 Å². The highest BCUT2D eigenvalue weighted by molar-refractivity contribution is 9.10. The largest absolute Gasteiger partial charge is 0.481 e. The van der Waals surface area contributed by atoms with E-state index in [1.165, 1.54) is 29.1 Å². The van der Waals surface area contributed by atoms with Crippen LogP contribution in [0.5, 0.6) is 0 Å². The summed E-state index contributed by atoms with van der Waals surface area (Å²) in [5.74, 6) is -1.35. The first-order valence-electron chi connectivity index (χ1n) is 5.54. The fourth-order valence-electron chi connectivity index (χ4n) is 1.65. The Kier molecular flexibility index (Phi) is 4.62. The van der Waals surface area contributed by atoms with Gasteiger partial charge in [0, 0.05) is 16.9 Å². The summed E-state index contributed by atoms with van der Waals surface area (Å²) in [6, 6.07) is 3.76. The number of halogens is 4. The molecular formula is C12H8BrF3N2O2S. The van der Waals surface area contributed by atoms with Crippen LogP contribution in [0.3, 0.4) is 0 Å². The Morgan fingerprint density at radius 2 is 2.14 bits per heavy atom. The topological polar surface area (TPSA) is 55.1 Å². The lowest BCUT2D eigenvalue weighted by atomic mass is 10.1. The predicted octanol–water partition coefficient (Wildman–Crippen LogP) is 3.83. The highest BCUT2D eigenvalue weighted by Gasteiger charge is 2.34. The van der Waals surface area contributed by atoms with E-state index in [-0.39, 0.29) is 16.6 Å². The number of thioether (sulfide) groups is 1. The van der Waals surface area contributed by atoms with Crippen molar-refractivity contribution in [2.45, 2.75) is 11.3 Å². The second kappa shape index (κ2) is 6.10. The lowest BCUT2D eigenvalue weighted by Crippen LogP contribution is -2.11. The summed E-state index contributed by atoms with van der Waals surface area (Å²) in [5, 5.41) is 8.84. The first-order chi connectivity index (χ1) is 9.79. The van der Waals surface area contributed by atoms with Crippen molar-refractivity contribution in [3.05, 3.63) is 40.6 Å². The molecule has 1 aromatic heterocycles. The van der Waals surface area contributed by atoms with E-state index < -0.39 is 17.7 Å². The molecule has 1 heterocycles. The van der Waals surface area contributed by atoms with Gasteiger partial charge >= 0.3 is 12.1 Å². The molecular weight excluding hydrogens is 373 g/mol. The number of hydrogen-bond donors (Lipinski definition) is 1. The third-order valence-electron chi connectivity index (χ3n) is 2.46. The number of hydrogen-bond acceptors (Lipinski definition) is 3. The Morgan fingerprint density at radius 3 is 2.76 bits per heavy atom. The van der Waals surface area contributed by atoms with E-state index in [9.17, 15) is 18.0 Å². The van der Waals surface area contributed by atoms with E-state index in [1.54, 1.807) is 0 Å². The standard InChI is InChI=1S/C12H8BrF3N2O2S/c13-7-1-2-9(8(5-7)12(14,15)16)18-4-3-17-11(18)21-6-10(19)20/h1-5H,6H2,(H,19,20). The van der Waals surface area contributed by atoms with Crippen molar-refractivity contribution in [1.29, 1.82) is 0 Å². The summed E-state index contributed by atoms with van der Waals surface area (Å²) in [6.45, 7) is 0. The summed E-state index contributed by atoms with van der Waals surface area (Å²) in [5.41, 5.74) is -0.928. The molecule has 0 bridgehead atoms. The summed E-state index contributed by atoms with van der Waals surface area (Å²) < 4.78 is 40.9. The van der Waals surface area contributed by atoms with E-state index in [0.717, 1.165) is 17.8 Å². The normalized spacial score (nSPS) is 11.6. The predicted molar refractivity (Wildman–Crippen MR) is 74.6 cm³/mol. The zero-order valence-corrected chi connectivity index (χ0v) is 12.7. The number of rotatable bonds is 4. The van der Waals surface area contributed by atoms with Crippen LogP contribution in [0.1, 0.15) is 5.56 Å². The Balaban J connectivity index is 2.48. The van der Waals surface area contributed by atoms with Gasteiger partial charge in [0.1, 0.15) is 0 Å². The monoisotopic (exact) mass is 380 g/mol. The van der Waals surface area contributed by atoms with Crippen LogP contribution in [0.2, 0.25) is 0 Å². The quantitative estimate of drug-likeness (QED) is 0.818. The molecule has 0 aliphatic rings. The van der Waals surface area contributed by atoms with E-state index in [2.05, 4.69) is 20.9 Å². The van der Waals surface area contributed by atoms with Crippen molar-refractivity contribution in [2.24, 2.45) is 0 Å². The SMILES string of the molecule is O=C(O)CSc1nccn1-c1ccc(Br)cc1C(F)(F)F. The van der Waals surface area contributed by atoms with Crippen LogP contribution < -0.4 is 0 Å². The molecule has 0 unspecified atom stereocenters. The maximum Gasteiger partial charge on any atom is 0.418 e. The van der Waals surface area contributed by atoms with Gasteiger partial charge in [0.25, 0.3) is 0 Å². The van der Waals surface area contributed by atoms with Gasteiger partial charge in [-0.15, -0.1) is 0 Å². The molecule has 1 N–H and O–H groups in total. The van der Waals surface area contributed by atoms with Gasteiger partial charge in [-0.2, -0.15) is 13.2 Å². The van der Waals surface area contributed by atoms with Gasteiger partial charge in [0.05, 0.1) is 17.0 Å². The number of imidazole rings is 1. The van der Waals surface area contributed by atoms with Crippen LogP contribution >= 0.6 is 27.7 Å². The fraction of sp³-hybridized carbons (Fsp3) is 0.167. The van der Waals surface area contributed by atoms with Crippen molar-refractivity contribution in [2.75, 3.05) is 5.75 Å². The fourth-order valence-corrected chi connectivity index (χ4v) is 2.70. The average Bonchev–Trinajstić information content (AvgIpc) is 2.83. The minimum Gasteiger partial charge on any atom is -0.481 e. The number of benzene rings is 1. The molecule has 0 radical (unpaired) electrons. The lowest BCUT2D eigenvalue weighted by molar-refractivity contribution is -0.137. The number of carboxylic acids is 1. The van der Waals surface area contributed by atoms with Crippen molar-refractivity contribution in [3.8, 4) is 5.69 Å². The van der Waals surface area contributed by atoms with Crippen molar-refractivity contribution in [3.63, 3.8) is 0 Å². The number of nitrogens with zero attached hydrogens (tertiary/aromatic N) is 2. The molecule has 9 heteroatoms. The van der Waals surface area contributed by atoms with Gasteiger partial charge in [-0.3, -0.25) is 9.36 Å². The summed E-state index contributed by atoms with van der Waals surface area (Å²) in [6.07, 6.45) is -1.84. The number of carbonyl (C=O) groups is 1. The van der Waals surface area contributed by atoms with E-state index >= 15 is 0 Å². The third kappa shape index (κ3) is 3.79. The second-order valence-electron chi connectivity index (χ2n) is 3.92. The number of carboxylic acid groups (broad SMARTS) is 1. The van der Waals surface area contributed by atoms with Gasteiger partial charge < -0.3 is 5.11 Å². The van der Waals surface area contributed by atoms with Gasteiger partial charge in [0.15, 0.2) is 5.16 Å². The molecule has 4 nitrogen and oxygen atoms in total. The van der Waals surface area contributed by atoms with Crippen molar-refractivity contribution in [1.82, 2.24) is 9.55 Å². The molecule has 2 rings (SSSR count). The van der Waals surface area contributed by atoms with Crippen LogP contribution in [-0.2, 0) is 11.0 Å². The lowest BCUT2D eigenvalue weighted by Gasteiger charge is -2.15. The van der Waals surface area contributed by atoms with Crippen LogP contribution in [0.15, 0.2) is 40.2 Å². The molecule has 0 amide bonds. The molecule has 112 valence electrons. The number of aliphatic carboxylic acids is 1. The zero-order chi connectivity index (χ0) is 15.6. The maximum absolute atomic E-state index is 13.1. The summed E-state index contributed by atoms with van der Waals surface area (Å²) in [7, 11) is 0. The van der Waals surface area contributed by atoms with Gasteiger partial charge in [-0.05, 0) is 18.2 Å². The first kappa shape index (κ1) is 15.9. The highest BCUT2D eigenvalue weighted by atomic mass is 79.9. The number of aromatic nitrogens is 2. The molecule has 21 heavy (non-hydrogen) atoms. The van der Waals surface area contributed by atoms with E-state index in [1.807, 2.05) is 0 Å². The molecule has 0 fully saturated rings. The molecule has 0 aliphatic carbocycles. The second-order valence-corrected chi connectivity index (χ2v) is 5.78.